The lowest BCUT2D eigenvalue weighted by molar-refractivity contribution is 0.564. The van der Waals surface area contributed by atoms with Crippen LogP contribution in [0.1, 0.15) is 39.0 Å². The van der Waals surface area contributed by atoms with E-state index in [0.717, 1.165) is 18.1 Å². The van der Waals surface area contributed by atoms with Crippen LogP contribution in [0.3, 0.4) is 0 Å². The summed E-state index contributed by atoms with van der Waals surface area (Å²) in [5.74, 6) is 4.01. The predicted octanol–water partition coefficient (Wildman–Crippen LogP) is 4.06. The van der Waals surface area contributed by atoms with E-state index in [4.69, 9.17) is 16.6 Å². The van der Waals surface area contributed by atoms with Crippen molar-refractivity contribution in [1.82, 2.24) is 4.98 Å². The van der Waals surface area contributed by atoms with Crippen molar-refractivity contribution in [3.8, 4) is 0 Å². The van der Waals surface area contributed by atoms with Crippen LogP contribution in [-0.2, 0) is 11.3 Å². The number of hydrogen-bond acceptors (Lipinski definition) is 3. The Hall–Kier alpha value is -0.410. The highest BCUT2D eigenvalue weighted by Crippen LogP contribution is 2.28. The van der Waals surface area contributed by atoms with Gasteiger partial charge in [0, 0.05) is 41.1 Å². The van der Waals surface area contributed by atoms with Gasteiger partial charge in [-0.15, -0.1) is 11.6 Å². The third kappa shape index (κ3) is 3.57. The molecule has 1 unspecified atom stereocenters. The zero-order valence-electron chi connectivity index (χ0n) is 12.2. The molecule has 0 bridgehead atoms. The Labute approximate surface area is 125 Å². The van der Waals surface area contributed by atoms with Gasteiger partial charge in [0.25, 0.3) is 0 Å². The summed E-state index contributed by atoms with van der Waals surface area (Å²) in [6, 6.07) is 4.83. The SMILES string of the molecule is CC1CSCCN1c1cc(CCl)cc(C(C)(C)C)n1. The van der Waals surface area contributed by atoms with Crippen molar-refractivity contribution in [1.29, 1.82) is 0 Å². The molecule has 0 saturated carbocycles. The van der Waals surface area contributed by atoms with Crippen molar-refractivity contribution in [2.24, 2.45) is 0 Å². The van der Waals surface area contributed by atoms with Crippen molar-refractivity contribution in [2.75, 3.05) is 23.0 Å². The van der Waals surface area contributed by atoms with Crippen LogP contribution in [-0.4, -0.2) is 29.1 Å². The van der Waals surface area contributed by atoms with Crippen LogP contribution in [0.25, 0.3) is 0 Å². The lowest BCUT2D eigenvalue weighted by Gasteiger charge is -2.35. The monoisotopic (exact) mass is 298 g/mol. The quantitative estimate of drug-likeness (QED) is 0.766. The van der Waals surface area contributed by atoms with Crippen molar-refractivity contribution in [3.63, 3.8) is 0 Å². The summed E-state index contributed by atoms with van der Waals surface area (Å²) >= 11 is 8.07. The Balaban J connectivity index is 2.39. The van der Waals surface area contributed by atoms with E-state index in [2.05, 4.69) is 44.7 Å². The number of aromatic nitrogens is 1. The van der Waals surface area contributed by atoms with Gasteiger partial charge < -0.3 is 4.90 Å². The number of alkyl halides is 1. The second kappa shape index (κ2) is 5.92. The molecule has 106 valence electrons. The molecule has 2 heterocycles. The minimum absolute atomic E-state index is 0.0601. The van der Waals surface area contributed by atoms with Crippen molar-refractivity contribution >= 4 is 29.2 Å². The first-order valence-corrected chi connectivity index (χ1v) is 8.52. The molecule has 0 radical (unpaired) electrons. The van der Waals surface area contributed by atoms with Crippen LogP contribution in [0.15, 0.2) is 12.1 Å². The number of hydrogen-bond donors (Lipinski definition) is 0. The molecule has 1 aromatic heterocycles. The molecule has 1 fully saturated rings. The fourth-order valence-corrected chi connectivity index (χ4v) is 3.41. The van der Waals surface area contributed by atoms with Gasteiger partial charge in [-0.05, 0) is 24.6 Å². The minimum Gasteiger partial charge on any atom is -0.352 e. The molecular formula is C15H23ClN2S. The summed E-state index contributed by atoms with van der Waals surface area (Å²) in [7, 11) is 0. The number of pyridine rings is 1. The van der Waals surface area contributed by atoms with Crippen LogP contribution >= 0.6 is 23.4 Å². The van der Waals surface area contributed by atoms with E-state index < -0.39 is 0 Å². The van der Waals surface area contributed by atoms with Gasteiger partial charge in [-0.1, -0.05) is 20.8 Å². The molecule has 0 amide bonds. The molecule has 4 heteroatoms. The molecule has 2 rings (SSSR count). The second-order valence-corrected chi connectivity index (χ2v) is 7.64. The van der Waals surface area contributed by atoms with Crippen molar-refractivity contribution < 1.29 is 0 Å². The lowest BCUT2D eigenvalue weighted by atomic mass is 9.91. The average molecular weight is 299 g/mol. The Kier molecular flexibility index (Phi) is 4.67. The Bertz CT molecular complexity index is 442. The van der Waals surface area contributed by atoms with Gasteiger partial charge in [0.15, 0.2) is 0 Å². The number of anilines is 1. The number of nitrogens with zero attached hydrogens (tertiary/aromatic N) is 2. The molecule has 1 atom stereocenters. The largest absolute Gasteiger partial charge is 0.352 e. The number of rotatable bonds is 2. The standard InChI is InChI=1S/C15H23ClN2S/c1-11-10-19-6-5-18(11)14-8-12(9-16)7-13(17-14)15(2,3)4/h7-8,11H,5-6,9-10H2,1-4H3. The maximum absolute atomic E-state index is 6.05. The van der Waals surface area contributed by atoms with E-state index >= 15 is 0 Å². The van der Waals surface area contributed by atoms with Crippen molar-refractivity contribution in [3.05, 3.63) is 23.4 Å². The minimum atomic E-state index is 0.0601. The fourth-order valence-electron chi connectivity index (χ4n) is 2.25. The van der Waals surface area contributed by atoms with Crippen molar-refractivity contribution in [2.45, 2.75) is 45.0 Å². The summed E-state index contributed by atoms with van der Waals surface area (Å²) in [6.07, 6.45) is 0. The molecule has 1 aliphatic heterocycles. The molecule has 0 aliphatic carbocycles. The third-order valence-corrected chi connectivity index (χ3v) is 4.95. The van der Waals surface area contributed by atoms with E-state index in [1.807, 2.05) is 11.8 Å². The molecular weight excluding hydrogens is 276 g/mol. The van der Waals surface area contributed by atoms with Gasteiger partial charge in [-0.3, -0.25) is 0 Å². The molecule has 0 spiro atoms. The first-order valence-electron chi connectivity index (χ1n) is 6.83. The molecule has 0 aromatic carbocycles. The molecule has 0 N–H and O–H groups in total. The second-order valence-electron chi connectivity index (χ2n) is 6.22. The number of halogens is 1. The van der Waals surface area contributed by atoms with Gasteiger partial charge in [-0.25, -0.2) is 4.98 Å². The van der Waals surface area contributed by atoms with Crippen LogP contribution in [0.5, 0.6) is 0 Å². The van der Waals surface area contributed by atoms with Crippen LogP contribution in [0, 0.1) is 0 Å². The van der Waals surface area contributed by atoms with Gasteiger partial charge in [0.2, 0.25) is 0 Å². The normalized spacial score (nSPS) is 20.7. The first-order chi connectivity index (χ1) is 8.91. The van der Waals surface area contributed by atoms with Crippen LogP contribution < -0.4 is 4.90 Å². The molecule has 2 nitrogen and oxygen atoms in total. The molecule has 1 aromatic rings. The van der Waals surface area contributed by atoms with E-state index in [1.165, 1.54) is 17.1 Å². The predicted molar refractivity (Wildman–Crippen MR) is 86.6 cm³/mol. The highest BCUT2D eigenvalue weighted by molar-refractivity contribution is 7.99. The van der Waals surface area contributed by atoms with Gasteiger partial charge in [0.1, 0.15) is 5.82 Å². The average Bonchev–Trinajstić information content (AvgIpc) is 2.37. The smallest absolute Gasteiger partial charge is 0.129 e. The van der Waals surface area contributed by atoms with Crippen LogP contribution in [0.2, 0.25) is 0 Å². The summed E-state index contributed by atoms with van der Waals surface area (Å²) < 4.78 is 0. The van der Waals surface area contributed by atoms with E-state index in [0.29, 0.717) is 11.9 Å². The molecule has 1 aliphatic rings. The zero-order chi connectivity index (χ0) is 14.0. The molecule has 19 heavy (non-hydrogen) atoms. The lowest BCUT2D eigenvalue weighted by Crippen LogP contribution is -2.41. The number of thioether (sulfide) groups is 1. The Morgan fingerprint density at radius 3 is 2.74 bits per heavy atom. The zero-order valence-corrected chi connectivity index (χ0v) is 13.8. The van der Waals surface area contributed by atoms with Gasteiger partial charge in [0.05, 0.1) is 0 Å². The molecule has 1 saturated heterocycles. The van der Waals surface area contributed by atoms with E-state index in [9.17, 15) is 0 Å². The Morgan fingerprint density at radius 1 is 1.42 bits per heavy atom. The first kappa shape index (κ1) is 15.0. The van der Waals surface area contributed by atoms with Gasteiger partial charge >= 0.3 is 0 Å². The maximum atomic E-state index is 6.05. The topological polar surface area (TPSA) is 16.1 Å². The van der Waals surface area contributed by atoms with Crippen LogP contribution in [0.4, 0.5) is 5.82 Å². The third-order valence-electron chi connectivity index (χ3n) is 3.46. The summed E-state index contributed by atoms with van der Waals surface area (Å²) in [5, 5.41) is 0. The highest BCUT2D eigenvalue weighted by Gasteiger charge is 2.23. The van der Waals surface area contributed by atoms with Gasteiger partial charge in [-0.2, -0.15) is 11.8 Å². The Morgan fingerprint density at radius 2 is 2.16 bits per heavy atom. The summed E-state index contributed by atoms with van der Waals surface area (Å²) in [5.41, 5.74) is 2.36. The van der Waals surface area contributed by atoms with E-state index in [-0.39, 0.29) is 5.41 Å². The highest BCUT2D eigenvalue weighted by atomic mass is 35.5. The maximum Gasteiger partial charge on any atom is 0.129 e. The fraction of sp³-hybridized carbons (Fsp3) is 0.667. The van der Waals surface area contributed by atoms with E-state index in [1.54, 1.807) is 0 Å². The summed E-state index contributed by atoms with van der Waals surface area (Å²) in [6.45, 7) is 9.96. The summed E-state index contributed by atoms with van der Waals surface area (Å²) in [4.78, 5) is 7.30.